The number of esters is 1. The first-order chi connectivity index (χ1) is 10.4. The maximum Gasteiger partial charge on any atom is 0.337 e. The molecule has 0 aliphatic carbocycles. The number of carbonyl (C=O) groups excluding carboxylic acids is 2. The van der Waals surface area contributed by atoms with Gasteiger partial charge in [-0.05, 0) is 38.1 Å². The van der Waals surface area contributed by atoms with Crippen LogP contribution in [0.2, 0.25) is 0 Å². The van der Waals surface area contributed by atoms with E-state index in [0.29, 0.717) is 11.3 Å². The average molecular weight is 301 g/mol. The van der Waals surface area contributed by atoms with Crippen molar-refractivity contribution in [3.63, 3.8) is 0 Å². The van der Waals surface area contributed by atoms with E-state index in [-0.39, 0.29) is 12.3 Å². The van der Waals surface area contributed by atoms with Crippen molar-refractivity contribution in [2.75, 3.05) is 12.4 Å². The van der Waals surface area contributed by atoms with E-state index >= 15 is 0 Å². The molecule has 0 bridgehead atoms. The molecular formula is C16H19N3O3. The molecule has 6 nitrogen and oxygen atoms in total. The highest BCUT2D eigenvalue weighted by atomic mass is 16.5. The smallest absolute Gasteiger partial charge is 0.337 e. The van der Waals surface area contributed by atoms with Gasteiger partial charge in [0.15, 0.2) is 0 Å². The van der Waals surface area contributed by atoms with Crippen molar-refractivity contribution < 1.29 is 14.3 Å². The summed E-state index contributed by atoms with van der Waals surface area (Å²) in [6, 6.07) is 6.57. The SMILES string of the molecule is COC(=O)c1ccc(NC(=O)Cc2c(C)nn(C)c2C)cc1. The fraction of sp³-hybridized carbons (Fsp3) is 0.312. The number of nitrogens with zero attached hydrogens (tertiary/aromatic N) is 2. The first-order valence-corrected chi connectivity index (χ1v) is 6.89. The van der Waals surface area contributed by atoms with Crippen molar-refractivity contribution in [2.24, 2.45) is 7.05 Å². The van der Waals surface area contributed by atoms with E-state index in [4.69, 9.17) is 0 Å². The Labute approximate surface area is 129 Å². The van der Waals surface area contributed by atoms with Gasteiger partial charge in [-0.1, -0.05) is 0 Å². The highest BCUT2D eigenvalue weighted by molar-refractivity contribution is 5.94. The molecule has 22 heavy (non-hydrogen) atoms. The molecule has 0 radical (unpaired) electrons. The number of ether oxygens (including phenoxy) is 1. The minimum absolute atomic E-state index is 0.120. The fourth-order valence-corrected chi connectivity index (χ4v) is 2.25. The van der Waals surface area contributed by atoms with Gasteiger partial charge < -0.3 is 10.1 Å². The molecule has 0 aliphatic heterocycles. The van der Waals surface area contributed by atoms with Crippen LogP contribution in [0.4, 0.5) is 5.69 Å². The van der Waals surface area contributed by atoms with Crippen molar-refractivity contribution >= 4 is 17.6 Å². The van der Waals surface area contributed by atoms with Gasteiger partial charge in [0.2, 0.25) is 5.91 Å². The second-order valence-corrected chi connectivity index (χ2v) is 5.07. The summed E-state index contributed by atoms with van der Waals surface area (Å²) in [6.07, 6.45) is 0.268. The lowest BCUT2D eigenvalue weighted by Gasteiger charge is -2.06. The molecular weight excluding hydrogens is 282 g/mol. The molecule has 0 spiro atoms. The molecule has 1 amide bonds. The third-order valence-corrected chi connectivity index (χ3v) is 3.59. The molecule has 2 rings (SSSR count). The zero-order chi connectivity index (χ0) is 16.3. The van der Waals surface area contributed by atoms with Crippen molar-refractivity contribution in [3.8, 4) is 0 Å². The topological polar surface area (TPSA) is 73.2 Å². The number of methoxy groups -OCH3 is 1. The quantitative estimate of drug-likeness (QED) is 0.877. The molecule has 0 aliphatic rings. The van der Waals surface area contributed by atoms with Gasteiger partial charge in [0.1, 0.15) is 0 Å². The monoisotopic (exact) mass is 301 g/mol. The Morgan fingerprint density at radius 1 is 1.23 bits per heavy atom. The number of nitrogens with one attached hydrogen (secondary N) is 1. The zero-order valence-corrected chi connectivity index (χ0v) is 13.1. The number of aryl methyl sites for hydroxylation is 2. The summed E-state index contributed by atoms with van der Waals surface area (Å²) in [4.78, 5) is 23.5. The van der Waals surface area contributed by atoms with Crippen LogP contribution in [0.15, 0.2) is 24.3 Å². The highest BCUT2D eigenvalue weighted by Gasteiger charge is 2.13. The van der Waals surface area contributed by atoms with Gasteiger partial charge in [0.25, 0.3) is 0 Å². The molecule has 1 aromatic heterocycles. The van der Waals surface area contributed by atoms with E-state index in [2.05, 4.69) is 15.2 Å². The third kappa shape index (κ3) is 3.33. The summed E-state index contributed by atoms with van der Waals surface area (Å²) in [5.74, 6) is -0.524. The molecule has 0 unspecified atom stereocenters. The number of anilines is 1. The third-order valence-electron chi connectivity index (χ3n) is 3.59. The number of aromatic nitrogens is 2. The predicted molar refractivity (Wildman–Crippen MR) is 82.8 cm³/mol. The molecule has 1 aromatic carbocycles. The van der Waals surface area contributed by atoms with Crippen LogP contribution in [-0.2, 0) is 23.0 Å². The second kappa shape index (κ2) is 6.43. The van der Waals surface area contributed by atoms with Gasteiger partial charge in [0, 0.05) is 24.0 Å². The number of hydrogen-bond acceptors (Lipinski definition) is 4. The molecule has 0 saturated carbocycles. The Kier molecular flexibility index (Phi) is 4.60. The van der Waals surface area contributed by atoms with Gasteiger partial charge in [0.05, 0.1) is 24.8 Å². The Morgan fingerprint density at radius 2 is 1.86 bits per heavy atom. The van der Waals surface area contributed by atoms with Crippen LogP contribution in [0.25, 0.3) is 0 Å². The van der Waals surface area contributed by atoms with Gasteiger partial charge >= 0.3 is 5.97 Å². The number of rotatable bonds is 4. The predicted octanol–water partition coefficient (Wildman–Crippen LogP) is 2.00. The molecule has 6 heteroatoms. The number of amides is 1. The summed E-state index contributed by atoms with van der Waals surface area (Å²) >= 11 is 0. The largest absolute Gasteiger partial charge is 0.465 e. The van der Waals surface area contributed by atoms with E-state index in [9.17, 15) is 9.59 Å². The Bertz CT molecular complexity index is 702. The Morgan fingerprint density at radius 3 is 2.36 bits per heavy atom. The van der Waals surface area contributed by atoms with Crippen LogP contribution < -0.4 is 5.32 Å². The molecule has 116 valence electrons. The van der Waals surface area contributed by atoms with Crippen LogP contribution in [0.3, 0.4) is 0 Å². The average Bonchev–Trinajstić information content (AvgIpc) is 2.73. The van der Waals surface area contributed by atoms with E-state index in [1.54, 1.807) is 28.9 Å². The summed E-state index contributed by atoms with van der Waals surface area (Å²) in [5, 5.41) is 7.11. The second-order valence-electron chi connectivity index (χ2n) is 5.07. The molecule has 0 fully saturated rings. The summed E-state index contributed by atoms with van der Waals surface area (Å²) in [6.45, 7) is 3.83. The van der Waals surface area contributed by atoms with Crippen LogP contribution in [0, 0.1) is 13.8 Å². The molecule has 0 atom stereocenters. The van der Waals surface area contributed by atoms with Gasteiger partial charge in [-0.25, -0.2) is 4.79 Å². The molecule has 1 N–H and O–H groups in total. The van der Waals surface area contributed by atoms with E-state index < -0.39 is 5.97 Å². The van der Waals surface area contributed by atoms with E-state index in [1.807, 2.05) is 20.9 Å². The summed E-state index contributed by atoms with van der Waals surface area (Å²) in [5.41, 5.74) is 3.85. The molecule has 0 saturated heterocycles. The van der Waals surface area contributed by atoms with Crippen molar-refractivity contribution in [1.29, 1.82) is 0 Å². The van der Waals surface area contributed by atoms with Gasteiger partial charge in [-0.3, -0.25) is 9.48 Å². The number of hydrogen-bond donors (Lipinski definition) is 1. The molecule has 2 aromatic rings. The maximum absolute atomic E-state index is 12.1. The fourth-order valence-electron chi connectivity index (χ4n) is 2.25. The van der Waals surface area contributed by atoms with Crippen LogP contribution in [0.5, 0.6) is 0 Å². The maximum atomic E-state index is 12.1. The Hall–Kier alpha value is -2.63. The standard InChI is InChI=1S/C16H19N3O3/c1-10-14(11(2)19(3)18-10)9-15(20)17-13-7-5-12(6-8-13)16(21)22-4/h5-8H,9H2,1-4H3,(H,17,20). The Balaban J connectivity index is 2.04. The van der Waals surface area contributed by atoms with Crippen LogP contribution in [-0.4, -0.2) is 28.8 Å². The van der Waals surface area contributed by atoms with Crippen LogP contribution >= 0.6 is 0 Å². The first kappa shape index (κ1) is 15.8. The minimum Gasteiger partial charge on any atom is -0.465 e. The van der Waals surface area contributed by atoms with Crippen molar-refractivity contribution in [2.45, 2.75) is 20.3 Å². The lowest BCUT2D eigenvalue weighted by atomic mass is 10.1. The van der Waals surface area contributed by atoms with E-state index in [1.165, 1.54) is 7.11 Å². The van der Waals surface area contributed by atoms with E-state index in [0.717, 1.165) is 17.0 Å². The molecule has 1 heterocycles. The highest BCUT2D eigenvalue weighted by Crippen LogP contribution is 2.15. The minimum atomic E-state index is -0.403. The lowest BCUT2D eigenvalue weighted by Crippen LogP contribution is -2.15. The normalized spacial score (nSPS) is 10.4. The van der Waals surface area contributed by atoms with Crippen molar-refractivity contribution in [3.05, 3.63) is 46.8 Å². The van der Waals surface area contributed by atoms with Crippen molar-refractivity contribution in [1.82, 2.24) is 9.78 Å². The summed E-state index contributed by atoms with van der Waals surface area (Å²) < 4.78 is 6.40. The number of benzene rings is 1. The van der Waals surface area contributed by atoms with Crippen LogP contribution in [0.1, 0.15) is 27.3 Å². The van der Waals surface area contributed by atoms with Gasteiger partial charge in [-0.2, -0.15) is 5.10 Å². The zero-order valence-electron chi connectivity index (χ0n) is 13.1. The van der Waals surface area contributed by atoms with Gasteiger partial charge in [-0.15, -0.1) is 0 Å². The summed E-state index contributed by atoms with van der Waals surface area (Å²) in [7, 11) is 3.19. The number of carbonyl (C=O) groups is 2. The lowest BCUT2D eigenvalue weighted by molar-refractivity contribution is -0.115. The first-order valence-electron chi connectivity index (χ1n) is 6.89.